The van der Waals surface area contributed by atoms with Crippen molar-refractivity contribution in [2.24, 2.45) is 0 Å². The zero-order valence-corrected chi connectivity index (χ0v) is 12.6. The molecule has 3 nitrogen and oxygen atoms in total. The maximum Gasteiger partial charge on any atom is 0.329 e. The number of esters is 1. The third kappa shape index (κ3) is 9.76. The first kappa shape index (κ1) is 18.9. The van der Waals surface area contributed by atoms with Crippen LogP contribution in [-0.2, 0) is 9.53 Å². The summed E-state index contributed by atoms with van der Waals surface area (Å²) in [6, 6.07) is 12.0. The van der Waals surface area contributed by atoms with Gasteiger partial charge in [0.05, 0.1) is 13.2 Å². The number of allylic oxidation sites excluding steroid dienone is 6. The fraction of sp³-hybridized carbons (Fsp3) is 0.0526. The highest BCUT2D eigenvalue weighted by Crippen LogP contribution is 2.06. The Balaban J connectivity index is 0.000000626. The van der Waals surface area contributed by atoms with Crippen LogP contribution in [0.5, 0.6) is 0 Å². The molecule has 0 fully saturated rings. The summed E-state index contributed by atoms with van der Waals surface area (Å²) in [5, 5.41) is 8.61. The number of rotatable bonds is 5. The van der Waals surface area contributed by atoms with Crippen molar-refractivity contribution in [2.75, 3.05) is 7.11 Å². The van der Waals surface area contributed by atoms with Gasteiger partial charge in [-0.2, -0.15) is 5.26 Å². The fourth-order valence-electron chi connectivity index (χ4n) is 1.25. The molecule has 1 aromatic rings. The maximum absolute atomic E-state index is 9.84. The van der Waals surface area contributed by atoms with E-state index in [4.69, 9.17) is 5.26 Å². The molecule has 1 aromatic carbocycles. The van der Waals surface area contributed by atoms with Crippen LogP contribution in [0.3, 0.4) is 0 Å². The Hall–Kier alpha value is -3.12. The molecule has 0 heterocycles. The van der Waals surface area contributed by atoms with Gasteiger partial charge >= 0.3 is 5.97 Å². The van der Waals surface area contributed by atoms with Crippen molar-refractivity contribution in [1.82, 2.24) is 0 Å². The summed E-state index contributed by atoms with van der Waals surface area (Å²) < 4.78 is 4.14. The van der Waals surface area contributed by atoms with Crippen molar-refractivity contribution in [3.05, 3.63) is 91.1 Å². The van der Waals surface area contributed by atoms with E-state index in [0.717, 1.165) is 17.2 Å². The summed E-state index contributed by atoms with van der Waals surface area (Å²) >= 11 is 0. The number of nitriles is 1. The van der Waals surface area contributed by atoms with E-state index in [1.165, 1.54) is 13.2 Å². The van der Waals surface area contributed by atoms with Crippen molar-refractivity contribution >= 4 is 12.0 Å². The lowest BCUT2D eigenvalue weighted by Crippen LogP contribution is -1.91. The van der Waals surface area contributed by atoms with E-state index in [1.54, 1.807) is 12.2 Å². The Morgan fingerprint density at radius 2 is 1.91 bits per heavy atom. The van der Waals surface area contributed by atoms with Crippen LogP contribution >= 0.6 is 0 Å². The van der Waals surface area contributed by atoms with E-state index in [9.17, 15) is 4.79 Å². The minimum Gasteiger partial charge on any atom is -0.466 e. The molecular weight excluding hydrogens is 274 g/mol. The second-order valence-corrected chi connectivity index (χ2v) is 3.84. The second kappa shape index (κ2) is 12.9. The van der Waals surface area contributed by atoms with Crippen molar-refractivity contribution in [2.45, 2.75) is 0 Å². The molecule has 3 heteroatoms. The van der Waals surface area contributed by atoms with Crippen LogP contribution in [-0.4, -0.2) is 13.1 Å². The normalized spacial score (nSPS) is 10.5. The standard InChI is InChI=1S/C15H13N.C4H6O2/c1-2-3-7-15(12-13-16)11-10-14-8-5-4-6-9-14;1-3-4(5)6-2/h2-12H,1H2;3H,1H2,2H3. The SMILES string of the molecule is C=CC(=O)OC.C=CC=CC(C=Cc1ccccc1)=CC#N. The molecule has 0 atom stereocenters. The van der Waals surface area contributed by atoms with Gasteiger partial charge < -0.3 is 4.74 Å². The molecule has 22 heavy (non-hydrogen) atoms. The fourth-order valence-corrected chi connectivity index (χ4v) is 1.25. The number of methoxy groups -OCH3 is 1. The number of benzene rings is 1. The topological polar surface area (TPSA) is 50.1 Å². The van der Waals surface area contributed by atoms with Crippen LogP contribution in [0.25, 0.3) is 6.08 Å². The van der Waals surface area contributed by atoms with E-state index >= 15 is 0 Å². The zero-order valence-electron chi connectivity index (χ0n) is 12.6. The summed E-state index contributed by atoms with van der Waals surface area (Å²) in [7, 11) is 1.31. The molecule has 1 rings (SSSR count). The van der Waals surface area contributed by atoms with E-state index in [1.807, 2.05) is 54.6 Å². The molecule has 0 aliphatic carbocycles. The van der Waals surface area contributed by atoms with E-state index in [-0.39, 0.29) is 0 Å². The van der Waals surface area contributed by atoms with E-state index in [0.29, 0.717) is 0 Å². The highest BCUT2D eigenvalue weighted by atomic mass is 16.5. The van der Waals surface area contributed by atoms with Gasteiger partial charge in [-0.15, -0.1) is 0 Å². The zero-order chi connectivity index (χ0) is 16.6. The lowest BCUT2D eigenvalue weighted by molar-refractivity contribution is -0.134. The number of nitrogens with zero attached hydrogens (tertiary/aromatic N) is 1. The van der Waals surface area contributed by atoms with Gasteiger partial charge in [0, 0.05) is 12.2 Å². The lowest BCUT2D eigenvalue weighted by Gasteiger charge is -1.92. The van der Waals surface area contributed by atoms with Crippen molar-refractivity contribution < 1.29 is 9.53 Å². The first-order valence-corrected chi connectivity index (χ1v) is 6.50. The number of hydrogen-bond acceptors (Lipinski definition) is 3. The summed E-state index contributed by atoms with van der Waals surface area (Å²) in [6.07, 6.45) is 11.8. The van der Waals surface area contributed by atoms with E-state index in [2.05, 4.69) is 17.9 Å². The first-order valence-electron chi connectivity index (χ1n) is 6.50. The third-order valence-electron chi connectivity index (χ3n) is 2.29. The summed E-state index contributed by atoms with van der Waals surface area (Å²) in [5.41, 5.74) is 1.96. The second-order valence-electron chi connectivity index (χ2n) is 3.84. The number of carbonyl (C=O) groups is 1. The van der Waals surface area contributed by atoms with Crippen LogP contribution in [0, 0.1) is 11.3 Å². The van der Waals surface area contributed by atoms with Crippen LogP contribution in [0.15, 0.2) is 85.5 Å². The smallest absolute Gasteiger partial charge is 0.329 e. The lowest BCUT2D eigenvalue weighted by atomic mass is 10.1. The molecule has 0 aliphatic heterocycles. The van der Waals surface area contributed by atoms with Gasteiger partial charge in [0.2, 0.25) is 0 Å². The van der Waals surface area contributed by atoms with Crippen LogP contribution in [0.4, 0.5) is 0 Å². The minimum absolute atomic E-state index is 0.394. The van der Waals surface area contributed by atoms with E-state index < -0.39 is 5.97 Å². The van der Waals surface area contributed by atoms with Gasteiger partial charge in [-0.05, 0) is 11.1 Å². The van der Waals surface area contributed by atoms with Crippen LogP contribution < -0.4 is 0 Å². The molecule has 0 unspecified atom stereocenters. The largest absolute Gasteiger partial charge is 0.466 e. The molecule has 0 bridgehead atoms. The molecule has 0 aliphatic rings. The Kier molecular flexibility index (Phi) is 11.1. The summed E-state index contributed by atoms with van der Waals surface area (Å²) in [5.74, 6) is -0.394. The number of hydrogen-bond donors (Lipinski definition) is 0. The van der Waals surface area contributed by atoms with Crippen LogP contribution in [0.2, 0.25) is 0 Å². The predicted octanol–water partition coefficient (Wildman–Crippen LogP) is 4.24. The highest BCUT2D eigenvalue weighted by molar-refractivity contribution is 5.80. The molecule has 0 amide bonds. The van der Waals surface area contributed by atoms with Gasteiger partial charge in [-0.1, -0.05) is 73.9 Å². The molecule has 0 spiro atoms. The molecule has 112 valence electrons. The average Bonchev–Trinajstić information content (AvgIpc) is 2.58. The minimum atomic E-state index is -0.394. The Labute approximate surface area is 131 Å². The van der Waals surface area contributed by atoms with Crippen LogP contribution in [0.1, 0.15) is 5.56 Å². The quantitative estimate of drug-likeness (QED) is 0.353. The molecule has 0 N–H and O–H groups in total. The maximum atomic E-state index is 9.84. The van der Waals surface area contributed by atoms with Gasteiger partial charge in [0.25, 0.3) is 0 Å². The van der Waals surface area contributed by atoms with Crippen molar-refractivity contribution in [1.29, 1.82) is 5.26 Å². The van der Waals surface area contributed by atoms with Gasteiger partial charge in [-0.3, -0.25) is 0 Å². The monoisotopic (exact) mass is 293 g/mol. The average molecular weight is 293 g/mol. The molecule has 0 saturated heterocycles. The number of carbonyl (C=O) groups excluding carboxylic acids is 1. The number of ether oxygens (including phenoxy) is 1. The summed E-state index contributed by atoms with van der Waals surface area (Å²) in [4.78, 5) is 9.84. The predicted molar refractivity (Wildman–Crippen MR) is 90.7 cm³/mol. The van der Waals surface area contributed by atoms with Crippen molar-refractivity contribution in [3.8, 4) is 6.07 Å². The Bertz CT molecular complexity index is 602. The highest BCUT2D eigenvalue weighted by Gasteiger charge is 1.86. The molecule has 0 saturated carbocycles. The van der Waals surface area contributed by atoms with Gasteiger partial charge in [-0.25, -0.2) is 4.79 Å². The molecular formula is C19H19NO2. The summed E-state index contributed by atoms with van der Waals surface area (Å²) in [6.45, 7) is 6.75. The van der Waals surface area contributed by atoms with Gasteiger partial charge in [0.15, 0.2) is 0 Å². The molecule has 0 radical (unpaired) electrons. The third-order valence-corrected chi connectivity index (χ3v) is 2.29. The van der Waals surface area contributed by atoms with Crippen molar-refractivity contribution in [3.63, 3.8) is 0 Å². The Morgan fingerprint density at radius 3 is 2.36 bits per heavy atom. The molecule has 0 aromatic heterocycles. The Morgan fingerprint density at radius 1 is 1.23 bits per heavy atom. The van der Waals surface area contributed by atoms with Gasteiger partial charge in [0.1, 0.15) is 0 Å². The first-order chi connectivity index (χ1) is 10.7.